The molecule has 6 heteroatoms. The SMILES string of the molecule is Cc1cccc(C(C)Sc2nnc(C3CCOCC3)n2N)c1. The van der Waals surface area contributed by atoms with Crippen molar-refractivity contribution in [2.45, 2.75) is 43.0 Å². The lowest BCUT2D eigenvalue weighted by Gasteiger charge is -2.21. The summed E-state index contributed by atoms with van der Waals surface area (Å²) in [5.74, 6) is 7.45. The van der Waals surface area contributed by atoms with Crippen molar-refractivity contribution < 1.29 is 4.74 Å². The summed E-state index contributed by atoms with van der Waals surface area (Å²) in [5, 5.41) is 9.66. The molecule has 0 amide bonds. The van der Waals surface area contributed by atoms with Gasteiger partial charge < -0.3 is 10.6 Å². The standard InChI is InChI=1S/C16H22N4OS/c1-11-4-3-5-14(10-11)12(2)22-16-19-18-15(20(16)17)13-6-8-21-9-7-13/h3-5,10,12-13H,6-9,17H2,1-2H3. The van der Waals surface area contributed by atoms with Gasteiger partial charge in [-0.2, -0.15) is 0 Å². The Balaban J connectivity index is 1.74. The molecule has 22 heavy (non-hydrogen) atoms. The first kappa shape index (κ1) is 15.4. The second kappa shape index (κ2) is 6.71. The molecule has 0 aliphatic carbocycles. The van der Waals surface area contributed by atoms with E-state index in [0.29, 0.717) is 5.92 Å². The molecule has 1 unspecified atom stereocenters. The zero-order valence-corrected chi connectivity index (χ0v) is 13.8. The van der Waals surface area contributed by atoms with E-state index >= 15 is 0 Å². The van der Waals surface area contributed by atoms with Gasteiger partial charge >= 0.3 is 0 Å². The molecule has 2 N–H and O–H groups in total. The first-order chi connectivity index (χ1) is 10.6. The van der Waals surface area contributed by atoms with E-state index in [4.69, 9.17) is 10.6 Å². The summed E-state index contributed by atoms with van der Waals surface area (Å²) in [6.45, 7) is 5.83. The normalized spacial score (nSPS) is 17.5. The summed E-state index contributed by atoms with van der Waals surface area (Å²) in [6, 6.07) is 8.54. The minimum absolute atomic E-state index is 0.286. The Bertz CT molecular complexity index is 637. The van der Waals surface area contributed by atoms with E-state index in [9.17, 15) is 0 Å². The minimum atomic E-state index is 0.286. The Labute approximate surface area is 135 Å². The van der Waals surface area contributed by atoms with Crippen LogP contribution in [-0.2, 0) is 4.74 Å². The van der Waals surface area contributed by atoms with Gasteiger partial charge in [0, 0.05) is 24.4 Å². The van der Waals surface area contributed by atoms with Crippen molar-refractivity contribution >= 4 is 11.8 Å². The number of hydrogen-bond donors (Lipinski definition) is 1. The number of hydrogen-bond acceptors (Lipinski definition) is 5. The van der Waals surface area contributed by atoms with Gasteiger partial charge in [-0.05, 0) is 32.3 Å². The summed E-state index contributed by atoms with van der Waals surface area (Å²) >= 11 is 1.65. The van der Waals surface area contributed by atoms with Crippen LogP contribution in [0.1, 0.15) is 47.9 Å². The molecule has 1 aromatic carbocycles. The third kappa shape index (κ3) is 3.28. The van der Waals surface area contributed by atoms with Crippen LogP contribution < -0.4 is 5.84 Å². The number of thioether (sulfide) groups is 1. The van der Waals surface area contributed by atoms with Gasteiger partial charge in [0.2, 0.25) is 5.16 Å². The molecule has 1 saturated heterocycles. The number of ether oxygens (including phenoxy) is 1. The van der Waals surface area contributed by atoms with Crippen molar-refractivity contribution in [3.63, 3.8) is 0 Å². The highest BCUT2D eigenvalue weighted by molar-refractivity contribution is 7.99. The maximum atomic E-state index is 6.22. The first-order valence-corrected chi connectivity index (χ1v) is 8.54. The summed E-state index contributed by atoms with van der Waals surface area (Å²) in [5.41, 5.74) is 2.54. The van der Waals surface area contributed by atoms with Gasteiger partial charge in [0.05, 0.1) is 0 Å². The van der Waals surface area contributed by atoms with E-state index in [1.54, 1.807) is 16.4 Å². The van der Waals surface area contributed by atoms with Crippen LogP contribution in [0.3, 0.4) is 0 Å². The van der Waals surface area contributed by atoms with Crippen molar-refractivity contribution in [1.82, 2.24) is 14.9 Å². The zero-order valence-electron chi connectivity index (χ0n) is 13.0. The first-order valence-electron chi connectivity index (χ1n) is 7.66. The molecule has 5 nitrogen and oxygen atoms in total. The molecule has 0 bridgehead atoms. The summed E-state index contributed by atoms with van der Waals surface area (Å²) in [6.07, 6.45) is 1.93. The summed E-state index contributed by atoms with van der Waals surface area (Å²) in [7, 11) is 0. The zero-order chi connectivity index (χ0) is 15.5. The van der Waals surface area contributed by atoms with Crippen molar-refractivity contribution in [2.24, 2.45) is 0 Å². The lowest BCUT2D eigenvalue weighted by molar-refractivity contribution is 0.0830. The monoisotopic (exact) mass is 318 g/mol. The van der Waals surface area contributed by atoms with Gasteiger partial charge in [0.1, 0.15) is 0 Å². The van der Waals surface area contributed by atoms with Crippen LogP contribution in [-0.4, -0.2) is 28.1 Å². The summed E-state index contributed by atoms with van der Waals surface area (Å²) < 4.78 is 7.06. The van der Waals surface area contributed by atoms with E-state index in [1.807, 2.05) is 0 Å². The molecular weight excluding hydrogens is 296 g/mol. The molecule has 1 aromatic heterocycles. The molecular formula is C16H22N4OS. The average Bonchev–Trinajstić information content (AvgIpc) is 2.89. The quantitative estimate of drug-likeness (QED) is 0.693. The van der Waals surface area contributed by atoms with Crippen molar-refractivity contribution in [3.05, 3.63) is 41.2 Å². The molecule has 1 aliphatic rings. The van der Waals surface area contributed by atoms with E-state index in [-0.39, 0.29) is 5.25 Å². The fourth-order valence-electron chi connectivity index (χ4n) is 2.75. The number of nitrogens with two attached hydrogens (primary N) is 1. The van der Waals surface area contributed by atoms with Gasteiger partial charge in [-0.25, -0.2) is 4.68 Å². The molecule has 2 aromatic rings. The van der Waals surface area contributed by atoms with Gasteiger partial charge in [-0.3, -0.25) is 0 Å². The Morgan fingerprint density at radius 3 is 2.82 bits per heavy atom. The molecule has 3 rings (SSSR count). The highest BCUT2D eigenvalue weighted by atomic mass is 32.2. The minimum Gasteiger partial charge on any atom is -0.381 e. The number of aromatic nitrogens is 3. The highest BCUT2D eigenvalue weighted by Gasteiger charge is 2.23. The lowest BCUT2D eigenvalue weighted by atomic mass is 10.00. The second-order valence-electron chi connectivity index (χ2n) is 5.77. The van der Waals surface area contributed by atoms with Crippen LogP contribution in [0, 0.1) is 6.92 Å². The summed E-state index contributed by atoms with van der Waals surface area (Å²) in [4.78, 5) is 0. The van der Waals surface area contributed by atoms with Crippen LogP contribution in [0.15, 0.2) is 29.4 Å². The second-order valence-corrected chi connectivity index (χ2v) is 7.08. The Kier molecular flexibility index (Phi) is 4.69. The van der Waals surface area contributed by atoms with Crippen molar-refractivity contribution in [2.75, 3.05) is 19.1 Å². The van der Waals surface area contributed by atoms with Gasteiger partial charge in [0.15, 0.2) is 5.82 Å². The molecule has 0 radical (unpaired) electrons. The molecule has 118 valence electrons. The highest BCUT2D eigenvalue weighted by Crippen LogP contribution is 2.35. The van der Waals surface area contributed by atoms with Crippen LogP contribution in [0.25, 0.3) is 0 Å². The van der Waals surface area contributed by atoms with Gasteiger partial charge in [-0.1, -0.05) is 41.6 Å². The maximum absolute atomic E-state index is 6.22. The number of aryl methyl sites for hydroxylation is 1. The van der Waals surface area contributed by atoms with Crippen LogP contribution in [0.5, 0.6) is 0 Å². The van der Waals surface area contributed by atoms with Crippen LogP contribution in [0.2, 0.25) is 0 Å². The Morgan fingerprint density at radius 1 is 1.32 bits per heavy atom. The predicted octanol–water partition coefficient (Wildman–Crippen LogP) is 3.05. The van der Waals surface area contributed by atoms with Crippen molar-refractivity contribution in [1.29, 1.82) is 0 Å². The topological polar surface area (TPSA) is 66.0 Å². The number of rotatable bonds is 4. The fourth-order valence-corrected chi connectivity index (χ4v) is 3.65. The van der Waals surface area contributed by atoms with E-state index in [2.05, 4.69) is 48.3 Å². The fraction of sp³-hybridized carbons (Fsp3) is 0.500. The Hall–Kier alpha value is -1.53. The number of benzene rings is 1. The largest absolute Gasteiger partial charge is 0.381 e. The average molecular weight is 318 g/mol. The predicted molar refractivity (Wildman–Crippen MR) is 88.4 cm³/mol. The van der Waals surface area contributed by atoms with E-state index in [1.165, 1.54) is 11.1 Å². The molecule has 2 heterocycles. The maximum Gasteiger partial charge on any atom is 0.210 e. The van der Waals surface area contributed by atoms with Gasteiger partial charge in [0.25, 0.3) is 0 Å². The van der Waals surface area contributed by atoms with Crippen molar-refractivity contribution in [3.8, 4) is 0 Å². The molecule has 1 aliphatic heterocycles. The lowest BCUT2D eigenvalue weighted by Crippen LogP contribution is -2.22. The third-order valence-electron chi connectivity index (χ3n) is 4.07. The third-order valence-corrected chi connectivity index (χ3v) is 5.19. The van der Waals surface area contributed by atoms with E-state index < -0.39 is 0 Å². The van der Waals surface area contributed by atoms with E-state index in [0.717, 1.165) is 37.0 Å². The molecule has 0 spiro atoms. The Morgan fingerprint density at radius 2 is 2.09 bits per heavy atom. The molecule has 0 saturated carbocycles. The number of nitrogens with zero attached hydrogens (tertiary/aromatic N) is 3. The number of nitrogen functional groups attached to an aromatic ring is 1. The van der Waals surface area contributed by atoms with Crippen LogP contribution in [0.4, 0.5) is 0 Å². The smallest absolute Gasteiger partial charge is 0.210 e. The molecule has 1 fully saturated rings. The van der Waals surface area contributed by atoms with Gasteiger partial charge in [-0.15, -0.1) is 10.2 Å². The van der Waals surface area contributed by atoms with Crippen LogP contribution >= 0.6 is 11.8 Å². The molecule has 1 atom stereocenters.